The third-order valence-corrected chi connectivity index (χ3v) is 5.90. The predicted molar refractivity (Wildman–Crippen MR) is 132 cm³/mol. The van der Waals surface area contributed by atoms with Crippen LogP contribution >= 0.6 is 11.6 Å². The molecule has 8 heteroatoms. The number of nitrogens with one attached hydrogen (secondary N) is 1. The van der Waals surface area contributed by atoms with E-state index in [4.69, 9.17) is 26.1 Å². The number of pyridine rings is 1. The first-order valence-corrected chi connectivity index (χ1v) is 11.5. The maximum Gasteiger partial charge on any atom is 0.410 e. The van der Waals surface area contributed by atoms with Gasteiger partial charge in [0.15, 0.2) is 0 Å². The number of rotatable bonds is 4. The molecular weight excluding hydrogens is 452 g/mol. The molecule has 1 aromatic heterocycles. The van der Waals surface area contributed by atoms with Crippen molar-refractivity contribution >= 4 is 34.3 Å². The summed E-state index contributed by atoms with van der Waals surface area (Å²) in [5.41, 5.74) is 4.48. The molecule has 3 aromatic rings. The Labute approximate surface area is 204 Å². The van der Waals surface area contributed by atoms with Gasteiger partial charge in [0.25, 0.3) is 0 Å². The molecule has 0 fully saturated rings. The van der Waals surface area contributed by atoms with Gasteiger partial charge in [-0.05, 0) is 56.7 Å². The summed E-state index contributed by atoms with van der Waals surface area (Å²) >= 11 is 6.31. The highest BCUT2D eigenvalue weighted by Gasteiger charge is 2.29. The van der Waals surface area contributed by atoms with Crippen molar-refractivity contribution in [2.24, 2.45) is 0 Å². The van der Waals surface area contributed by atoms with E-state index in [2.05, 4.69) is 11.4 Å². The summed E-state index contributed by atoms with van der Waals surface area (Å²) in [6.07, 6.45) is 0.269. The van der Waals surface area contributed by atoms with E-state index in [1.807, 2.05) is 51.1 Å². The maximum atomic E-state index is 12.8. The Morgan fingerprint density at radius 1 is 1.26 bits per heavy atom. The number of carbonyl (C=O) groups is 1. The number of carbonyl (C=O) groups excluding carboxylic acids is 1. The number of anilines is 1. The third kappa shape index (κ3) is 5.02. The lowest BCUT2D eigenvalue weighted by Gasteiger charge is -2.32. The van der Waals surface area contributed by atoms with Crippen LogP contribution in [0.5, 0.6) is 5.75 Å². The summed E-state index contributed by atoms with van der Waals surface area (Å²) in [7, 11) is 1.58. The molecule has 176 valence electrons. The summed E-state index contributed by atoms with van der Waals surface area (Å²) in [5, 5.41) is 14.3. The van der Waals surface area contributed by atoms with Crippen molar-refractivity contribution in [3.8, 4) is 11.8 Å². The fraction of sp³-hybridized carbons (Fsp3) is 0.346. The van der Waals surface area contributed by atoms with E-state index in [0.717, 1.165) is 33.4 Å². The van der Waals surface area contributed by atoms with E-state index in [0.29, 0.717) is 42.4 Å². The average molecular weight is 479 g/mol. The number of hydrogen-bond donors (Lipinski definition) is 1. The van der Waals surface area contributed by atoms with Gasteiger partial charge in [0, 0.05) is 36.2 Å². The van der Waals surface area contributed by atoms with Gasteiger partial charge < -0.3 is 19.7 Å². The van der Waals surface area contributed by atoms with Gasteiger partial charge in [-0.1, -0.05) is 17.7 Å². The minimum atomic E-state index is -0.574. The number of methoxy groups -OCH3 is 1. The van der Waals surface area contributed by atoms with Crippen molar-refractivity contribution in [2.45, 2.75) is 45.9 Å². The molecule has 1 aliphatic rings. The number of aromatic nitrogens is 1. The van der Waals surface area contributed by atoms with Crippen molar-refractivity contribution in [3.05, 3.63) is 63.8 Å². The number of nitrogens with zero attached hydrogens (tertiary/aromatic N) is 3. The van der Waals surface area contributed by atoms with Crippen molar-refractivity contribution in [3.63, 3.8) is 0 Å². The standard InChI is InChI=1S/C26H27ClN4O3/c1-26(2,3)34-25(32)31-10-9-22-19(15-31)24(18-11-16(13-28)5-7-21(18)30-22)29-14-17-6-8-23(33-4)20(27)12-17/h5-8,11-12H,9-10,14-15H2,1-4H3,(H,29,30). The van der Waals surface area contributed by atoms with Gasteiger partial charge in [0.1, 0.15) is 11.4 Å². The van der Waals surface area contributed by atoms with E-state index in [1.54, 1.807) is 18.1 Å². The zero-order valence-electron chi connectivity index (χ0n) is 19.7. The minimum Gasteiger partial charge on any atom is -0.495 e. The quantitative estimate of drug-likeness (QED) is 0.519. The van der Waals surface area contributed by atoms with Crippen LogP contribution in [0.15, 0.2) is 36.4 Å². The second kappa shape index (κ2) is 9.40. The third-order valence-electron chi connectivity index (χ3n) is 5.61. The average Bonchev–Trinajstić information content (AvgIpc) is 2.80. The molecule has 0 unspecified atom stereocenters. The zero-order valence-corrected chi connectivity index (χ0v) is 20.5. The molecule has 0 bridgehead atoms. The summed E-state index contributed by atoms with van der Waals surface area (Å²) in [5.74, 6) is 0.615. The second-order valence-electron chi connectivity index (χ2n) is 9.23. The zero-order chi connectivity index (χ0) is 24.5. The molecule has 0 saturated heterocycles. The second-order valence-corrected chi connectivity index (χ2v) is 9.64. The monoisotopic (exact) mass is 478 g/mol. The number of ether oxygens (including phenoxy) is 2. The highest BCUT2D eigenvalue weighted by molar-refractivity contribution is 6.32. The molecule has 0 radical (unpaired) electrons. The molecule has 34 heavy (non-hydrogen) atoms. The van der Waals surface area contributed by atoms with Gasteiger partial charge in [-0.3, -0.25) is 4.98 Å². The van der Waals surface area contributed by atoms with Crippen LogP contribution < -0.4 is 10.1 Å². The van der Waals surface area contributed by atoms with Crippen molar-refractivity contribution < 1.29 is 14.3 Å². The predicted octanol–water partition coefficient (Wildman–Crippen LogP) is 5.67. The number of benzene rings is 2. The molecule has 7 nitrogen and oxygen atoms in total. The Bertz CT molecular complexity index is 1290. The first-order chi connectivity index (χ1) is 16.2. The Hall–Kier alpha value is -3.50. The van der Waals surface area contributed by atoms with Gasteiger partial charge in [-0.15, -0.1) is 0 Å². The van der Waals surface area contributed by atoms with E-state index in [9.17, 15) is 10.1 Å². The van der Waals surface area contributed by atoms with E-state index >= 15 is 0 Å². The van der Waals surface area contributed by atoms with Crippen LogP contribution in [0.3, 0.4) is 0 Å². The topological polar surface area (TPSA) is 87.5 Å². The van der Waals surface area contributed by atoms with Gasteiger partial charge >= 0.3 is 6.09 Å². The lowest BCUT2D eigenvalue weighted by atomic mass is 9.99. The smallest absolute Gasteiger partial charge is 0.410 e. The van der Waals surface area contributed by atoms with Gasteiger partial charge in [-0.25, -0.2) is 4.79 Å². The van der Waals surface area contributed by atoms with Crippen LogP contribution in [-0.4, -0.2) is 35.2 Å². The molecule has 4 rings (SSSR count). The van der Waals surface area contributed by atoms with Crippen LogP contribution in [0.4, 0.5) is 10.5 Å². The maximum absolute atomic E-state index is 12.8. The molecule has 2 aromatic carbocycles. The SMILES string of the molecule is COc1ccc(CNc2c3c(nc4ccc(C#N)cc24)CCN(C(=O)OC(C)(C)C)C3)cc1Cl. The minimum absolute atomic E-state index is 0.350. The highest BCUT2D eigenvalue weighted by Crippen LogP contribution is 2.34. The molecule has 0 aliphatic carbocycles. The van der Waals surface area contributed by atoms with Crippen LogP contribution in [-0.2, 0) is 24.2 Å². The largest absolute Gasteiger partial charge is 0.495 e. The van der Waals surface area contributed by atoms with Crippen molar-refractivity contribution in [2.75, 3.05) is 19.0 Å². The molecule has 2 heterocycles. The Morgan fingerprint density at radius 3 is 2.74 bits per heavy atom. The molecular formula is C26H27ClN4O3. The molecule has 0 atom stereocenters. The highest BCUT2D eigenvalue weighted by atomic mass is 35.5. The summed E-state index contributed by atoms with van der Waals surface area (Å²) < 4.78 is 10.8. The Kier molecular flexibility index (Phi) is 6.54. The van der Waals surface area contributed by atoms with Crippen LogP contribution in [0.25, 0.3) is 10.9 Å². The number of fused-ring (bicyclic) bond motifs is 2. The van der Waals surface area contributed by atoms with Crippen LogP contribution in [0.2, 0.25) is 5.02 Å². The van der Waals surface area contributed by atoms with Crippen molar-refractivity contribution in [1.29, 1.82) is 5.26 Å². The normalized spacial score (nSPS) is 13.2. The molecule has 0 spiro atoms. The lowest BCUT2D eigenvalue weighted by Crippen LogP contribution is -2.40. The van der Waals surface area contributed by atoms with E-state index in [-0.39, 0.29) is 6.09 Å². The Balaban J connectivity index is 1.72. The lowest BCUT2D eigenvalue weighted by molar-refractivity contribution is 0.0223. The van der Waals surface area contributed by atoms with Gasteiger partial charge in [0.05, 0.1) is 41.5 Å². The number of halogens is 1. The van der Waals surface area contributed by atoms with Crippen LogP contribution in [0, 0.1) is 11.3 Å². The number of hydrogen-bond acceptors (Lipinski definition) is 6. The fourth-order valence-electron chi connectivity index (χ4n) is 4.01. The summed E-state index contributed by atoms with van der Waals surface area (Å²) in [4.78, 5) is 19.3. The van der Waals surface area contributed by atoms with Gasteiger partial charge in [-0.2, -0.15) is 5.26 Å². The number of amides is 1. The Morgan fingerprint density at radius 2 is 2.06 bits per heavy atom. The van der Waals surface area contributed by atoms with Crippen molar-refractivity contribution in [1.82, 2.24) is 9.88 Å². The fourth-order valence-corrected chi connectivity index (χ4v) is 4.29. The van der Waals surface area contributed by atoms with Crippen LogP contribution in [0.1, 0.15) is 43.2 Å². The summed E-state index contributed by atoms with van der Waals surface area (Å²) in [6, 6.07) is 13.3. The van der Waals surface area contributed by atoms with E-state index in [1.165, 1.54) is 0 Å². The molecule has 1 aliphatic heterocycles. The molecule has 0 saturated carbocycles. The first-order valence-electron chi connectivity index (χ1n) is 11.1. The van der Waals surface area contributed by atoms with Gasteiger partial charge in [0.2, 0.25) is 0 Å². The first kappa shape index (κ1) is 23.7. The summed E-state index contributed by atoms with van der Waals surface area (Å²) in [6.45, 7) is 6.97. The molecule has 1 amide bonds. The number of nitriles is 1. The van der Waals surface area contributed by atoms with E-state index < -0.39 is 5.60 Å². The molecule has 1 N–H and O–H groups in total.